The van der Waals surface area contributed by atoms with Gasteiger partial charge in [-0.3, -0.25) is 0 Å². The summed E-state index contributed by atoms with van der Waals surface area (Å²) >= 11 is 0. The van der Waals surface area contributed by atoms with E-state index in [2.05, 4.69) is 5.10 Å². The third kappa shape index (κ3) is 2.76. The number of ether oxygens (including phenoxy) is 1. The number of hydrogen-bond acceptors (Lipinski definition) is 3. The molecule has 0 atom stereocenters. The first-order valence-electron chi connectivity index (χ1n) is 7.17. The third-order valence-electron chi connectivity index (χ3n) is 3.28. The highest BCUT2D eigenvalue weighted by Crippen LogP contribution is 2.24. The van der Waals surface area contributed by atoms with Crippen molar-refractivity contribution in [1.82, 2.24) is 9.78 Å². The van der Waals surface area contributed by atoms with Gasteiger partial charge >= 0.3 is 5.97 Å². The summed E-state index contributed by atoms with van der Waals surface area (Å²) in [5.74, 6) is -0.358. The molecule has 0 aliphatic carbocycles. The minimum atomic E-state index is -0.358. The van der Waals surface area contributed by atoms with Gasteiger partial charge < -0.3 is 4.74 Å². The molecule has 4 nitrogen and oxygen atoms in total. The maximum atomic E-state index is 12.2. The second-order valence-electron chi connectivity index (χ2n) is 4.76. The Kier molecular flexibility index (Phi) is 4.01. The van der Waals surface area contributed by atoms with Crippen LogP contribution in [0.3, 0.4) is 0 Å². The Morgan fingerprint density at radius 3 is 2.32 bits per heavy atom. The van der Waals surface area contributed by atoms with Crippen LogP contribution in [-0.2, 0) is 4.74 Å². The van der Waals surface area contributed by atoms with Crippen molar-refractivity contribution in [1.29, 1.82) is 0 Å². The summed E-state index contributed by atoms with van der Waals surface area (Å²) < 4.78 is 6.85. The molecular formula is C18H16N2O2. The van der Waals surface area contributed by atoms with Crippen LogP contribution in [0, 0.1) is 0 Å². The van der Waals surface area contributed by atoms with Crippen LogP contribution in [0.2, 0.25) is 0 Å². The number of para-hydroxylation sites is 1. The lowest BCUT2D eigenvalue weighted by Gasteiger charge is -2.01. The Hall–Kier alpha value is -2.88. The number of esters is 1. The van der Waals surface area contributed by atoms with Gasteiger partial charge in [-0.05, 0) is 19.1 Å². The molecule has 3 aromatic rings. The molecule has 110 valence electrons. The number of carbonyl (C=O) groups is 1. The summed E-state index contributed by atoms with van der Waals surface area (Å²) in [7, 11) is 0. The number of nitrogens with zero attached hydrogens (tertiary/aromatic N) is 2. The standard InChI is InChI=1S/C18H16N2O2/c1-2-22-18(21)16-13-20(15-11-7-4-8-12-15)19-17(16)14-9-5-3-6-10-14/h3-13H,2H2,1H3. The quantitative estimate of drug-likeness (QED) is 0.688. The molecule has 3 rings (SSSR count). The molecule has 0 spiro atoms. The van der Waals surface area contributed by atoms with Crippen molar-refractivity contribution in [2.45, 2.75) is 6.92 Å². The fourth-order valence-corrected chi connectivity index (χ4v) is 2.25. The van der Waals surface area contributed by atoms with Crippen molar-refractivity contribution >= 4 is 5.97 Å². The lowest BCUT2D eigenvalue weighted by molar-refractivity contribution is 0.0527. The lowest BCUT2D eigenvalue weighted by Crippen LogP contribution is -2.04. The molecule has 0 radical (unpaired) electrons. The van der Waals surface area contributed by atoms with Gasteiger partial charge in [-0.2, -0.15) is 5.10 Å². The van der Waals surface area contributed by atoms with Crippen LogP contribution in [0.5, 0.6) is 0 Å². The largest absolute Gasteiger partial charge is 0.462 e. The van der Waals surface area contributed by atoms with E-state index in [0.29, 0.717) is 17.9 Å². The molecule has 0 unspecified atom stereocenters. The molecule has 2 aromatic carbocycles. The highest BCUT2D eigenvalue weighted by molar-refractivity contribution is 5.96. The van der Waals surface area contributed by atoms with E-state index >= 15 is 0 Å². The SMILES string of the molecule is CCOC(=O)c1cn(-c2ccccc2)nc1-c1ccccc1. The summed E-state index contributed by atoms with van der Waals surface area (Å²) in [6.07, 6.45) is 1.72. The molecule has 0 amide bonds. The van der Waals surface area contributed by atoms with Gasteiger partial charge in [-0.15, -0.1) is 0 Å². The summed E-state index contributed by atoms with van der Waals surface area (Å²) in [5.41, 5.74) is 2.88. The first-order chi connectivity index (χ1) is 10.8. The van der Waals surface area contributed by atoms with E-state index in [1.54, 1.807) is 17.8 Å². The van der Waals surface area contributed by atoms with Crippen LogP contribution in [-0.4, -0.2) is 22.4 Å². The van der Waals surface area contributed by atoms with Crippen molar-refractivity contribution in [3.63, 3.8) is 0 Å². The van der Waals surface area contributed by atoms with Crippen molar-refractivity contribution in [2.24, 2.45) is 0 Å². The van der Waals surface area contributed by atoms with Crippen molar-refractivity contribution in [2.75, 3.05) is 6.61 Å². The van der Waals surface area contributed by atoms with E-state index in [1.165, 1.54) is 0 Å². The maximum absolute atomic E-state index is 12.2. The van der Waals surface area contributed by atoms with Crippen molar-refractivity contribution in [3.05, 3.63) is 72.4 Å². The predicted molar refractivity (Wildman–Crippen MR) is 85.0 cm³/mol. The zero-order chi connectivity index (χ0) is 15.4. The first kappa shape index (κ1) is 14.1. The van der Waals surface area contributed by atoms with E-state index in [0.717, 1.165) is 11.3 Å². The van der Waals surface area contributed by atoms with Gasteiger partial charge in [0.05, 0.1) is 12.3 Å². The second kappa shape index (κ2) is 6.26. The summed E-state index contributed by atoms with van der Waals surface area (Å²) in [6.45, 7) is 2.13. The van der Waals surface area contributed by atoms with Crippen LogP contribution in [0.1, 0.15) is 17.3 Å². The van der Waals surface area contributed by atoms with Gasteiger partial charge in [-0.25, -0.2) is 9.48 Å². The molecule has 0 N–H and O–H groups in total. The Morgan fingerprint density at radius 1 is 1.05 bits per heavy atom. The summed E-state index contributed by atoms with van der Waals surface area (Å²) in [6, 6.07) is 19.3. The number of carbonyl (C=O) groups excluding carboxylic acids is 1. The number of benzene rings is 2. The van der Waals surface area contributed by atoms with Crippen LogP contribution in [0.25, 0.3) is 16.9 Å². The van der Waals surface area contributed by atoms with Crippen LogP contribution in [0.15, 0.2) is 66.9 Å². The maximum Gasteiger partial charge on any atom is 0.342 e. The summed E-state index contributed by atoms with van der Waals surface area (Å²) in [4.78, 5) is 12.2. The van der Waals surface area contributed by atoms with E-state index in [9.17, 15) is 4.79 Å². The second-order valence-corrected chi connectivity index (χ2v) is 4.76. The van der Waals surface area contributed by atoms with Gasteiger partial charge in [0, 0.05) is 11.8 Å². The molecule has 0 fully saturated rings. The molecule has 0 saturated heterocycles. The Labute approximate surface area is 129 Å². The molecule has 0 bridgehead atoms. The van der Waals surface area contributed by atoms with Gasteiger partial charge in [0.2, 0.25) is 0 Å². The Morgan fingerprint density at radius 2 is 1.68 bits per heavy atom. The molecule has 1 aromatic heterocycles. The average molecular weight is 292 g/mol. The van der Waals surface area contributed by atoms with Crippen LogP contribution >= 0.6 is 0 Å². The first-order valence-corrected chi connectivity index (χ1v) is 7.17. The van der Waals surface area contributed by atoms with E-state index in [-0.39, 0.29) is 5.97 Å². The Balaban J connectivity index is 2.11. The minimum Gasteiger partial charge on any atom is -0.462 e. The van der Waals surface area contributed by atoms with Crippen LogP contribution in [0.4, 0.5) is 0 Å². The van der Waals surface area contributed by atoms with E-state index in [1.807, 2.05) is 60.7 Å². The fourth-order valence-electron chi connectivity index (χ4n) is 2.25. The Bertz CT molecular complexity index is 764. The highest BCUT2D eigenvalue weighted by atomic mass is 16.5. The van der Waals surface area contributed by atoms with E-state index in [4.69, 9.17) is 4.74 Å². The normalized spacial score (nSPS) is 10.4. The summed E-state index contributed by atoms with van der Waals surface area (Å²) in [5, 5.41) is 4.57. The van der Waals surface area contributed by atoms with Crippen LogP contribution < -0.4 is 0 Å². The molecule has 0 aliphatic heterocycles. The highest BCUT2D eigenvalue weighted by Gasteiger charge is 2.19. The van der Waals surface area contributed by atoms with Gasteiger partial charge in [-0.1, -0.05) is 48.5 Å². The zero-order valence-corrected chi connectivity index (χ0v) is 12.3. The smallest absolute Gasteiger partial charge is 0.342 e. The number of rotatable bonds is 4. The van der Waals surface area contributed by atoms with Crippen molar-refractivity contribution in [3.8, 4) is 16.9 Å². The molecule has 22 heavy (non-hydrogen) atoms. The average Bonchev–Trinajstić information content (AvgIpc) is 3.02. The predicted octanol–water partition coefficient (Wildman–Crippen LogP) is 3.72. The lowest BCUT2D eigenvalue weighted by atomic mass is 10.1. The zero-order valence-electron chi connectivity index (χ0n) is 12.3. The third-order valence-corrected chi connectivity index (χ3v) is 3.28. The van der Waals surface area contributed by atoms with Gasteiger partial charge in [0.15, 0.2) is 0 Å². The molecule has 0 aliphatic rings. The number of hydrogen-bond donors (Lipinski definition) is 0. The molecular weight excluding hydrogens is 276 g/mol. The van der Waals surface area contributed by atoms with Gasteiger partial charge in [0.1, 0.15) is 11.3 Å². The molecule has 4 heteroatoms. The molecule has 0 saturated carbocycles. The van der Waals surface area contributed by atoms with Gasteiger partial charge in [0.25, 0.3) is 0 Å². The van der Waals surface area contributed by atoms with E-state index < -0.39 is 0 Å². The van der Waals surface area contributed by atoms with Crippen molar-refractivity contribution < 1.29 is 9.53 Å². The fraction of sp³-hybridized carbons (Fsp3) is 0.111. The molecule has 1 heterocycles. The number of aromatic nitrogens is 2. The minimum absolute atomic E-state index is 0.337. The monoisotopic (exact) mass is 292 g/mol. The topological polar surface area (TPSA) is 44.1 Å².